The highest BCUT2D eigenvalue weighted by atomic mass is 35.5. The maximum atomic E-state index is 12.8. The van der Waals surface area contributed by atoms with Crippen LogP contribution in [0.15, 0.2) is 51.1 Å². The van der Waals surface area contributed by atoms with Gasteiger partial charge in [-0.05, 0) is 36.8 Å². The Morgan fingerprint density at radius 2 is 1.64 bits per heavy atom. The van der Waals surface area contributed by atoms with E-state index in [4.69, 9.17) is 22.5 Å². The average Bonchev–Trinajstić information content (AvgIpc) is 2.39. The molecule has 9 heteroatoms. The fraction of sp³-hybridized carbons (Fsp3) is 0.0769. The Hall–Kier alpha value is -1.61. The quantitative estimate of drug-likeness (QED) is 0.807. The van der Waals surface area contributed by atoms with Crippen LogP contribution in [-0.2, 0) is 19.9 Å². The fourth-order valence-electron chi connectivity index (χ4n) is 2.05. The molecule has 22 heavy (non-hydrogen) atoms. The molecule has 2 aromatic rings. The molecule has 2 rings (SSSR count). The number of nitrogens with two attached hydrogens (primary N) is 2. The maximum absolute atomic E-state index is 12.8. The Morgan fingerprint density at radius 1 is 1.00 bits per heavy atom. The van der Waals surface area contributed by atoms with Crippen molar-refractivity contribution in [3.63, 3.8) is 0 Å². The van der Waals surface area contributed by atoms with Crippen LogP contribution in [0.25, 0.3) is 0 Å². The third-order valence-electron chi connectivity index (χ3n) is 2.99. The zero-order valence-corrected chi connectivity index (χ0v) is 13.8. The molecule has 2 aromatic carbocycles. The topological polar surface area (TPSA) is 120 Å². The molecule has 0 aromatic heterocycles. The number of rotatable bonds is 3. The SMILES string of the molecule is Cc1cccc(S(=O)(=O)c2cc(N)ccc2Cl)c1S(N)(=O)=O. The van der Waals surface area contributed by atoms with Crippen LogP contribution in [0.3, 0.4) is 0 Å². The van der Waals surface area contributed by atoms with E-state index in [1.54, 1.807) is 0 Å². The van der Waals surface area contributed by atoms with Gasteiger partial charge in [0, 0.05) is 5.69 Å². The van der Waals surface area contributed by atoms with Gasteiger partial charge in [-0.25, -0.2) is 22.0 Å². The molecule has 0 aliphatic rings. The van der Waals surface area contributed by atoms with E-state index in [1.165, 1.54) is 43.3 Å². The largest absolute Gasteiger partial charge is 0.399 e. The molecule has 0 aliphatic heterocycles. The van der Waals surface area contributed by atoms with E-state index >= 15 is 0 Å². The monoisotopic (exact) mass is 360 g/mol. The number of nitrogen functional groups attached to an aromatic ring is 1. The molecule has 0 atom stereocenters. The molecule has 0 fully saturated rings. The van der Waals surface area contributed by atoms with Crippen LogP contribution in [0, 0.1) is 6.92 Å². The summed E-state index contributed by atoms with van der Waals surface area (Å²) in [6, 6.07) is 8.00. The van der Waals surface area contributed by atoms with Gasteiger partial charge in [0.05, 0.1) is 14.8 Å². The number of hydrogen-bond acceptors (Lipinski definition) is 5. The second-order valence-corrected chi connectivity index (χ2v) is 8.43. The van der Waals surface area contributed by atoms with Crippen LogP contribution >= 0.6 is 11.6 Å². The van der Waals surface area contributed by atoms with E-state index in [9.17, 15) is 16.8 Å². The van der Waals surface area contributed by atoms with E-state index in [-0.39, 0.29) is 21.2 Å². The van der Waals surface area contributed by atoms with Crippen LogP contribution in [0.2, 0.25) is 5.02 Å². The van der Waals surface area contributed by atoms with E-state index in [0.29, 0.717) is 0 Å². The molecular formula is C13H13ClN2O4S2. The van der Waals surface area contributed by atoms with Crippen LogP contribution < -0.4 is 10.9 Å². The minimum Gasteiger partial charge on any atom is -0.399 e. The zero-order valence-electron chi connectivity index (χ0n) is 11.4. The van der Waals surface area contributed by atoms with Gasteiger partial charge >= 0.3 is 0 Å². The predicted molar refractivity (Wildman–Crippen MR) is 83.9 cm³/mol. The van der Waals surface area contributed by atoms with Crippen LogP contribution in [0.4, 0.5) is 5.69 Å². The number of sulfonamides is 1. The molecular weight excluding hydrogens is 348 g/mol. The minimum absolute atomic E-state index is 0.0592. The first kappa shape index (κ1) is 16.8. The summed E-state index contributed by atoms with van der Waals surface area (Å²) in [5.41, 5.74) is 6.00. The Bertz CT molecular complexity index is 954. The first-order chi connectivity index (χ1) is 10.0. The Morgan fingerprint density at radius 3 is 2.23 bits per heavy atom. The standard InChI is InChI=1S/C13H13ClN2O4S2/c1-8-3-2-4-11(13(8)22(16,19)20)21(17,18)12-7-9(15)5-6-10(12)14/h2-7H,15H2,1H3,(H2,16,19,20). The summed E-state index contributed by atoms with van der Waals surface area (Å²) in [6.45, 7) is 1.46. The fourth-order valence-corrected chi connectivity index (χ4v) is 5.53. The lowest BCUT2D eigenvalue weighted by Gasteiger charge is -2.13. The summed E-state index contributed by atoms with van der Waals surface area (Å²) in [7, 11) is -8.43. The van der Waals surface area contributed by atoms with E-state index < -0.39 is 29.7 Å². The number of anilines is 1. The normalized spacial score (nSPS) is 12.3. The van der Waals surface area contributed by atoms with Crippen molar-refractivity contribution in [1.29, 1.82) is 0 Å². The van der Waals surface area contributed by atoms with Gasteiger partial charge in [0.1, 0.15) is 4.90 Å². The van der Waals surface area contributed by atoms with E-state index in [0.717, 1.165) is 0 Å². The second-order valence-electron chi connectivity index (χ2n) is 4.64. The highest BCUT2D eigenvalue weighted by molar-refractivity contribution is 7.93. The van der Waals surface area contributed by atoms with Crippen molar-refractivity contribution in [1.82, 2.24) is 0 Å². The minimum atomic E-state index is -4.23. The van der Waals surface area contributed by atoms with Crippen molar-refractivity contribution in [3.05, 3.63) is 47.0 Å². The number of aryl methyl sites for hydroxylation is 1. The Kier molecular flexibility index (Phi) is 4.22. The molecule has 0 unspecified atom stereocenters. The number of hydrogen-bond donors (Lipinski definition) is 2. The number of sulfone groups is 1. The number of halogens is 1. The number of primary sulfonamides is 1. The number of benzene rings is 2. The maximum Gasteiger partial charge on any atom is 0.239 e. The summed E-state index contributed by atoms with van der Waals surface area (Å²) in [6.07, 6.45) is 0. The van der Waals surface area contributed by atoms with Crippen molar-refractivity contribution < 1.29 is 16.8 Å². The molecule has 0 bridgehead atoms. The van der Waals surface area contributed by atoms with Gasteiger partial charge in [-0.3, -0.25) is 0 Å². The highest BCUT2D eigenvalue weighted by Gasteiger charge is 2.29. The van der Waals surface area contributed by atoms with Crippen molar-refractivity contribution in [2.75, 3.05) is 5.73 Å². The van der Waals surface area contributed by atoms with Crippen LogP contribution in [-0.4, -0.2) is 16.8 Å². The first-order valence-corrected chi connectivity index (χ1v) is 9.38. The highest BCUT2D eigenvalue weighted by Crippen LogP contribution is 2.33. The van der Waals surface area contributed by atoms with Gasteiger partial charge in [0.2, 0.25) is 19.9 Å². The molecule has 0 saturated carbocycles. The third-order valence-corrected chi connectivity index (χ3v) is 6.51. The van der Waals surface area contributed by atoms with Gasteiger partial charge in [0.25, 0.3) is 0 Å². The molecule has 0 aliphatic carbocycles. The molecule has 0 radical (unpaired) electrons. The lowest BCUT2D eigenvalue weighted by Crippen LogP contribution is -2.18. The van der Waals surface area contributed by atoms with Crippen molar-refractivity contribution in [3.8, 4) is 0 Å². The molecule has 0 heterocycles. The first-order valence-electron chi connectivity index (χ1n) is 5.97. The third kappa shape index (κ3) is 2.95. The van der Waals surface area contributed by atoms with Gasteiger partial charge < -0.3 is 5.73 Å². The summed E-state index contributed by atoms with van der Waals surface area (Å²) in [5.74, 6) is 0. The summed E-state index contributed by atoms with van der Waals surface area (Å²) < 4.78 is 49.1. The van der Waals surface area contributed by atoms with Crippen LogP contribution in [0.5, 0.6) is 0 Å². The van der Waals surface area contributed by atoms with Crippen molar-refractivity contribution >= 4 is 37.1 Å². The zero-order chi connectivity index (χ0) is 16.7. The van der Waals surface area contributed by atoms with Gasteiger partial charge in [-0.15, -0.1) is 0 Å². The summed E-state index contributed by atoms with van der Waals surface area (Å²) in [5, 5.41) is 5.09. The Labute approximate surface area is 133 Å². The molecule has 0 saturated heterocycles. The van der Waals surface area contributed by atoms with Gasteiger partial charge in [-0.1, -0.05) is 23.7 Å². The lowest BCUT2D eigenvalue weighted by molar-refractivity contribution is 0.582. The summed E-state index contributed by atoms with van der Waals surface area (Å²) >= 11 is 5.92. The van der Waals surface area contributed by atoms with Crippen LogP contribution in [0.1, 0.15) is 5.56 Å². The van der Waals surface area contributed by atoms with E-state index in [1.807, 2.05) is 0 Å². The molecule has 0 amide bonds. The van der Waals surface area contributed by atoms with Gasteiger partial charge in [-0.2, -0.15) is 0 Å². The Balaban J connectivity index is 2.87. The summed E-state index contributed by atoms with van der Waals surface area (Å²) in [4.78, 5) is -1.15. The van der Waals surface area contributed by atoms with E-state index in [2.05, 4.69) is 0 Å². The molecule has 4 N–H and O–H groups in total. The molecule has 0 spiro atoms. The smallest absolute Gasteiger partial charge is 0.239 e. The average molecular weight is 361 g/mol. The lowest BCUT2D eigenvalue weighted by atomic mass is 10.2. The van der Waals surface area contributed by atoms with Crippen molar-refractivity contribution in [2.24, 2.45) is 5.14 Å². The van der Waals surface area contributed by atoms with Crippen molar-refractivity contribution in [2.45, 2.75) is 21.6 Å². The van der Waals surface area contributed by atoms with Gasteiger partial charge in [0.15, 0.2) is 0 Å². The predicted octanol–water partition coefficient (Wildman–Crippen LogP) is 1.71. The molecule has 6 nitrogen and oxygen atoms in total. The second kappa shape index (κ2) is 5.54. The molecule has 118 valence electrons.